The zero-order chi connectivity index (χ0) is 16.4. The standard InChI is InChI=1S/C15H21N3O3S/c1-15(2,3)17-14(19)10-6-9-13-16-11-7-4-5-8-12(11)22(20,21)18-13/h4-5,7-8H,6,9-10H2,1-3H3,(H,16,18)(H,17,19). The van der Waals surface area contributed by atoms with E-state index in [2.05, 4.69) is 15.0 Å². The van der Waals surface area contributed by atoms with Crippen LogP contribution in [-0.2, 0) is 14.8 Å². The van der Waals surface area contributed by atoms with Gasteiger partial charge >= 0.3 is 0 Å². The Morgan fingerprint density at radius 1 is 1.27 bits per heavy atom. The quantitative estimate of drug-likeness (QED) is 0.890. The Morgan fingerprint density at radius 3 is 2.64 bits per heavy atom. The highest BCUT2D eigenvalue weighted by Gasteiger charge is 2.24. The van der Waals surface area contributed by atoms with Crippen LogP contribution in [0.4, 0.5) is 5.69 Å². The van der Waals surface area contributed by atoms with E-state index in [1.807, 2.05) is 20.8 Å². The van der Waals surface area contributed by atoms with Crippen LogP contribution >= 0.6 is 0 Å². The summed E-state index contributed by atoms with van der Waals surface area (Å²) < 4.78 is 27.9. The molecule has 2 rings (SSSR count). The fourth-order valence-corrected chi connectivity index (χ4v) is 3.35. The first-order valence-corrected chi connectivity index (χ1v) is 8.62. The van der Waals surface area contributed by atoms with Gasteiger partial charge in [0.15, 0.2) is 0 Å². The number of nitrogens with zero attached hydrogens (tertiary/aromatic N) is 1. The van der Waals surface area contributed by atoms with Crippen LogP contribution in [0.2, 0.25) is 0 Å². The first-order valence-electron chi connectivity index (χ1n) is 7.18. The lowest BCUT2D eigenvalue weighted by atomic mass is 10.1. The number of para-hydroxylation sites is 1. The highest BCUT2D eigenvalue weighted by atomic mass is 32.2. The Balaban J connectivity index is 1.96. The molecule has 0 saturated carbocycles. The molecule has 7 heteroatoms. The van der Waals surface area contributed by atoms with Crippen LogP contribution in [0.1, 0.15) is 40.0 Å². The van der Waals surface area contributed by atoms with Crippen molar-refractivity contribution in [3.63, 3.8) is 0 Å². The number of amidine groups is 1. The first kappa shape index (κ1) is 16.5. The Bertz CT molecular complexity index is 703. The second-order valence-corrected chi connectivity index (χ2v) is 7.86. The van der Waals surface area contributed by atoms with Gasteiger partial charge in [0, 0.05) is 18.4 Å². The van der Waals surface area contributed by atoms with Gasteiger partial charge in [0.25, 0.3) is 10.0 Å². The fourth-order valence-electron chi connectivity index (χ4n) is 2.17. The van der Waals surface area contributed by atoms with Crippen LogP contribution in [0.25, 0.3) is 0 Å². The topological polar surface area (TPSA) is 87.6 Å². The third-order valence-electron chi connectivity index (χ3n) is 3.01. The van der Waals surface area contributed by atoms with E-state index in [4.69, 9.17) is 0 Å². The van der Waals surface area contributed by atoms with Crippen LogP contribution in [0, 0.1) is 0 Å². The molecule has 120 valence electrons. The lowest BCUT2D eigenvalue weighted by molar-refractivity contribution is -0.122. The van der Waals surface area contributed by atoms with Crippen molar-refractivity contribution in [2.24, 2.45) is 4.40 Å². The van der Waals surface area contributed by atoms with Crippen molar-refractivity contribution in [2.45, 2.75) is 50.5 Å². The minimum Gasteiger partial charge on any atom is -0.352 e. The highest BCUT2D eigenvalue weighted by Crippen LogP contribution is 2.27. The van der Waals surface area contributed by atoms with Crippen molar-refractivity contribution in [2.75, 3.05) is 5.32 Å². The third-order valence-corrected chi connectivity index (χ3v) is 4.38. The maximum Gasteiger partial charge on any atom is 0.286 e. The van der Waals surface area contributed by atoms with E-state index in [0.717, 1.165) is 0 Å². The van der Waals surface area contributed by atoms with Crippen LogP contribution in [0.3, 0.4) is 0 Å². The third kappa shape index (κ3) is 4.30. The van der Waals surface area contributed by atoms with Crippen LogP contribution in [0.5, 0.6) is 0 Å². The molecule has 0 saturated heterocycles. The summed E-state index contributed by atoms with van der Waals surface area (Å²) in [6, 6.07) is 6.65. The normalized spacial score (nSPS) is 16.2. The zero-order valence-electron chi connectivity index (χ0n) is 13.0. The van der Waals surface area contributed by atoms with E-state index >= 15 is 0 Å². The molecule has 6 nitrogen and oxygen atoms in total. The van der Waals surface area contributed by atoms with Gasteiger partial charge in [-0.05, 0) is 39.3 Å². The molecule has 0 aromatic heterocycles. The van der Waals surface area contributed by atoms with Crippen LogP contribution in [0.15, 0.2) is 33.6 Å². The van der Waals surface area contributed by atoms with Crippen molar-refractivity contribution in [1.82, 2.24) is 5.32 Å². The summed E-state index contributed by atoms with van der Waals surface area (Å²) in [4.78, 5) is 11.9. The summed E-state index contributed by atoms with van der Waals surface area (Å²) in [5.74, 6) is 0.328. The number of amides is 1. The van der Waals surface area contributed by atoms with Crippen LogP contribution < -0.4 is 10.6 Å². The molecular formula is C15H21N3O3S. The number of nitrogens with one attached hydrogen (secondary N) is 2. The summed E-state index contributed by atoms with van der Waals surface area (Å²) in [6.07, 6.45) is 1.27. The minimum atomic E-state index is -3.65. The van der Waals surface area contributed by atoms with Gasteiger partial charge in [-0.2, -0.15) is 8.42 Å². The molecule has 0 radical (unpaired) electrons. The van der Waals surface area contributed by atoms with E-state index < -0.39 is 10.0 Å². The molecule has 1 aliphatic rings. The molecule has 0 aliphatic carbocycles. The number of hydrogen-bond acceptors (Lipinski definition) is 4. The Morgan fingerprint density at radius 2 is 1.95 bits per heavy atom. The lowest BCUT2D eigenvalue weighted by Gasteiger charge is -2.21. The monoisotopic (exact) mass is 323 g/mol. The Kier molecular flexibility index (Phi) is 4.55. The van der Waals surface area contributed by atoms with E-state index in [1.54, 1.807) is 18.2 Å². The van der Waals surface area contributed by atoms with E-state index in [9.17, 15) is 13.2 Å². The van der Waals surface area contributed by atoms with E-state index in [0.29, 0.717) is 30.8 Å². The van der Waals surface area contributed by atoms with Gasteiger partial charge in [-0.15, -0.1) is 4.40 Å². The minimum absolute atomic E-state index is 0.0489. The van der Waals surface area contributed by atoms with Crippen molar-refractivity contribution >= 4 is 27.5 Å². The molecule has 1 aromatic carbocycles. The van der Waals surface area contributed by atoms with Crippen molar-refractivity contribution in [3.8, 4) is 0 Å². The van der Waals surface area contributed by atoms with Crippen LogP contribution in [-0.4, -0.2) is 25.7 Å². The fraction of sp³-hybridized carbons (Fsp3) is 0.467. The number of carbonyl (C=O) groups excluding carboxylic acids is 1. The van der Waals surface area contributed by atoms with Crippen molar-refractivity contribution in [1.29, 1.82) is 0 Å². The zero-order valence-corrected chi connectivity index (χ0v) is 13.8. The first-order chi connectivity index (χ1) is 10.2. The highest BCUT2D eigenvalue weighted by molar-refractivity contribution is 7.90. The molecule has 0 unspecified atom stereocenters. The average molecular weight is 323 g/mol. The van der Waals surface area contributed by atoms with Crippen molar-refractivity contribution < 1.29 is 13.2 Å². The number of carbonyl (C=O) groups is 1. The predicted octanol–water partition coefficient (Wildman–Crippen LogP) is 2.28. The molecule has 1 heterocycles. The molecular weight excluding hydrogens is 302 g/mol. The number of benzene rings is 1. The number of anilines is 1. The number of rotatable bonds is 4. The van der Waals surface area contributed by atoms with E-state index in [1.165, 1.54) is 6.07 Å². The summed E-state index contributed by atoms with van der Waals surface area (Å²) in [6.45, 7) is 5.75. The summed E-state index contributed by atoms with van der Waals surface area (Å²) in [5.41, 5.74) is 0.270. The van der Waals surface area contributed by atoms with Gasteiger partial charge in [-0.1, -0.05) is 12.1 Å². The lowest BCUT2D eigenvalue weighted by Crippen LogP contribution is -2.40. The second-order valence-electron chi connectivity index (χ2n) is 6.29. The number of sulfonamides is 1. The molecule has 0 bridgehead atoms. The molecule has 0 fully saturated rings. The SMILES string of the molecule is CC(C)(C)NC(=O)CCCC1=NS(=O)(=O)c2ccccc2N1. The summed E-state index contributed by atoms with van der Waals surface area (Å²) in [7, 11) is -3.65. The largest absolute Gasteiger partial charge is 0.352 e. The van der Waals surface area contributed by atoms with E-state index in [-0.39, 0.29) is 16.3 Å². The smallest absolute Gasteiger partial charge is 0.286 e. The molecule has 22 heavy (non-hydrogen) atoms. The average Bonchev–Trinajstić information content (AvgIpc) is 2.35. The second kappa shape index (κ2) is 6.08. The van der Waals surface area contributed by atoms with Gasteiger partial charge < -0.3 is 10.6 Å². The summed E-state index contributed by atoms with van der Waals surface area (Å²) >= 11 is 0. The molecule has 0 spiro atoms. The number of fused-ring (bicyclic) bond motifs is 1. The van der Waals surface area contributed by atoms with Crippen molar-refractivity contribution in [3.05, 3.63) is 24.3 Å². The van der Waals surface area contributed by atoms with Gasteiger partial charge in [0.05, 0.1) is 5.69 Å². The Labute approximate surface area is 131 Å². The van der Waals surface area contributed by atoms with Gasteiger partial charge in [-0.25, -0.2) is 0 Å². The molecule has 0 atom stereocenters. The van der Waals surface area contributed by atoms with Gasteiger partial charge in [-0.3, -0.25) is 4.79 Å². The molecule has 1 amide bonds. The Hall–Kier alpha value is -1.89. The maximum atomic E-state index is 12.1. The maximum absolute atomic E-state index is 12.1. The predicted molar refractivity (Wildman–Crippen MR) is 86.4 cm³/mol. The van der Waals surface area contributed by atoms with Gasteiger partial charge in [0.1, 0.15) is 10.7 Å². The summed E-state index contributed by atoms with van der Waals surface area (Å²) in [5, 5.41) is 5.88. The molecule has 1 aliphatic heterocycles. The molecule has 1 aromatic rings. The van der Waals surface area contributed by atoms with Gasteiger partial charge in [0.2, 0.25) is 5.91 Å². The number of hydrogen-bond donors (Lipinski definition) is 2. The molecule has 2 N–H and O–H groups in total.